The van der Waals surface area contributed by atoms with Crippen LogP contribution in [0.2, 0.25) is 5.02 Å². The van der Waals surface area contributed by atoms with Crippen molar-refractivity contribution in [2.24, 2.45) is 5.92 Å². The van der Waals surface area contributed by atoms with E-state index in [1.807, 2.05) is 17.0 Å². The zero-order chi connectivity index (χ0) is 18.8. The average molecular weight is 446 g/mol. The van der Waals surface area contributed by atoms with Crippen molar-refractivity contribution < 1.29 is 14.3 Å². The molecule has 9 heteroatoms. The average Bonchev–Trinajstić information content (AvgIpc) is 3.08. The highest BCUT2D eigenvalue weighted by molar-refractivity contribution is 7.23. The molecule has 2 aliphatic rings. The molecule has 1 saturated heterocycles. The molecular formula is C19H25Cl2N3O3S. The quantitative estimate of drug-likeness (QED) is 0.675. The van der Waals surface area contributed by atoms with Gasteiger partial charge in [-0.15, -0.1) is 12.4 Å². The number of benzene rings is 1. The number of carbonyl (C=O) groups is 1. The Morgan fingerprint density at radius 2 is 2.14 bits per heavy atom. The van der Waals surface area contributed by atoms with E-state index in [0.717, 1.165) is 62.3 Å². The van der Waals surface area contributed by atoms with Gasteiger partial charge in [0.2, 0.25) is 5.91 Å². The Bertz CT molecular complexity index is 822. The van der Waals surface area contributed by atoms with Crippen LogP contribution in [0.25, 0.3) is 10.2 Å². The van der Waals surface area contributed by atoms with Crippen molar-refractivity contribution in [2.75, 3.05) is 51.4 Å². The van der Waals surface area contributed by atoms with Gasteiger partial charge in [0.05, 0.1) is 30.0 Å². The number of ether oxygens (including phenoxy) is 2. The minimum atomic E-state index is 0. The maximum atomic E-state index is 13.1. The number of amides is 1. The predicted octanol–water partition coefficient (Wildman–Crippen LogP) is 3.85. The second kappa shape index (κ2) is 9.59. The molecule has 0 atom stereocenters. The van der Waals surface area contributed by atoms with E-state index in [9.17, 15) is 4.79 Å². The molecule has 0 N–H and O–H groups in total. The third-order valence-electron chi connectivity index (χ3n) is 5.36. The summed E-state index contributed by atoms with van der Waals surface area (Å²) in [5.74, 6) is 0.990. The van der Waals surface area contributed by atoms with Gasteiger partial charge in [0.15, 0.2) is 5.13 Å². The molecule has 0 unspecified atom stereocenters. The minimum Gasteiger partial charge on any atom is -0.494 e. The molecule has 28 heavy (non-hydrogen) atoms. The van der Waals surface area contributed by atoms with Gasteiger partial charge in [-0.3, -0.25) is 14.6 Å². The molecule has 4 rings (SSSR count). The number of rotatable bonds is 6. The number of thiazole rings is 1. The molecular weight excluding hydrogens is 421 g/mol. The lowest BCUT2D eigenvalue weighted by Gasteiger charge is -2.33. The van der Waals surface area contributed by atoms with Crippen LogP contribution < -0.4 is 9.64 Å². The topological polar surface area (TPSA) is 54.9 Å². The van der Waals surface area contributed by atoms with Gasteiger partial charge in [-0.25, -0.2) is 4.98 Å². The van der Waals surface area contributed by atoms with Crippen molar-refractivity contribution in [3.8, 4) is 5.75 Å². The van der Waals surface area contributed by atoms with Crippen LogP contribution in [0, 0.1) is 5.92 Å². The van der Waals surface area contributed by atoms with Crippen molar-refractivity contribution in [2.45, 2.75) is 19.3 Å². The Kier molecular flexibility index (Phi) is 7.39. The van der Waals surface area contributed by atoms with Gasteiger partial charge >= 0.3 is 0 Å². The van der Waals surface area contributed by atoms with Crippen LogP contribution in [0.15, 0.2) is 12.1 Å². The minimum absolute atomic E-state index is 0. The number of nitrogens with zero attached hydrogens (tertiary/aromatic N) is 3. The predicted molar refractivity (Wildman–Crippen MR) is 115 cm³/mol. The lowest BCUT2D eigenvalue weighted by Crippen LogP contribution is -2.45. The van der Waals surface area contributed by atoms with Crippen molar-refractivity contribution >= 4 is 56.6 Å². The fourth-order valence-corrected chi connectivity index (χ4v) is 4.75. The van der Waals surface area contributed by atoms with Crippen LogP contribution in [0.1, 0.15) is 19.3 Å². The van der Waals surface area contributed by atoms with Crippen molar-refractivity contribution in [3.63, 3.8) is 0 Å². The highest BCUT2D eigenvalue weighted by Crippen LogP contribution is 2.40. The maximum Gasteiger partial charge on any atom is 0.231 e. The molecule has 1 saturated carbocycles. The third-order valence-corrected chi connectivity index (χ3v) is 6.90. The van der Waals surface area contributed by atoms with Crippen LogP contribution in [0.4, 0.5) is 5.13 Å². The number of morpholine rings is 1. The first-order valence-corrected chi connectivity index (χ1v) is 10.6. The summed E-state index contributed by atoms with van der Waals surface area (Å²) < 4.78 is 11.7. The number of hydrogen-bond acceptors (Lipinski definition) is 6. The first kappa shape index (κ1) is 21.6. The second-order valence-corrected chi connectivity index (χ2v) is 8.38. The molecule has 1 amide bonds. The first-order chi connectivity index (χ1) is 13.2. The zero-order valence-corrected chi connectivity index (χ0v) is 18.2. The van der Waals surface area contributed by atoms with Crippen LogP contribution >= 0.6 is 35.3 Å². The molecule has 2 heterocycles. The number of fused-ring (bicyclic) bond motifs is 1. The smallest absolute Gasteiger partial charge is 0.231 e. The standard InChI is InChI=1S/C19H24ClN3O3S.ClH/c1-25-15-6-5-14(20)17-16(15)21-19(27-17)23(18(24)13-3-2-4-13)8-7-22-9-11-26-12-10-22;/h5-6,13H,2-4,7-12H2,1H3;1H. The molecule has 0 radical (unpaired) electrons. The van der Waals surface area contributed by atoms with E-state index in [2.05, 4.69) is 4.90 Å². The molecule has 1 aromatic heterocycles. The van der Waals surface area contributed by atoms with E-state index < -0.39 is 0 Å². The van der Waals surface area contributed by atoms with Gasteiger partial charge in [-0.1, -0.05) is 29.4 Å². The summed E-state index contributed by atoms with van der Waals surface area (Å²) in [6, 6.07) is 3.64. The Labute approximate surface area is 180 Å². The number of carbonyl (C=O) groups excluding carboxylic acids is 1. The SMILES string of the molecule is COc1ccc(Cl)c2sc(N(CCN3CCOCC3)C(=O)C3CCC3)nc12.Cl. The Morgan fingerprint density at radius 3 is 2.79 bits per heavy atom. The second-order valence-electron chi connectivity index (χ2n) is 7.00. The van der Waals surface area contributed by atoms with E-state index in [1.165, 1.54) is 11.3 Å². The van der Waals surface area contributed by atoms with Crippen molar-refractivity contribution in [3.05, 3.63) is 17.2 Å². The summed E-state index contributed by atoms with van der Waals surface area (Å²) in [5.41, 5.74) is 0.725. The van der Waals surface area contributed by atoms with Crippen LogP contribution in [-0.2, 0) is 9.53 Å². The van der Waals surface area contributed by atoms with Gasteiger partial charge < -0.3 is 9.47 Å². The van der Waals surface area contributed by atoms with E-state index in [4.69, 9.17) is 26.1 Å². The van der Waals surface area contributed by atoms with Gasteiger partial charge in [0.1, 0.15) is 11.3 Å². The molecule has 2 aromatic rings. The molecule has 0 spiro atoms. The monoisotopic (exact) mass is 445 g/mol. The molecule has 154 valence electrons. The van der Waals surface area contributed by atoms with Crippen molar-refractivity contribution in [1.29, 1.82) is 0 Å². The molecule has 1 aromatic carbocycles. The Balaban J connectivity index is 0.00000225. The highest BCUT2D eigenvalue weighted by Gasteiger charge is 2.32. The lowest BCUT2D eigenvalue weighted by atomic mass is 9.84. The summed E-state index contributed by atoms with van der Waals surface area (Å²) in [4.78, 5) is 22.0. The molecule has 0 bridgehead atoms. The number of aromatic nitrogens is 1. The van der Waals surface area contributed by atoms with Crippen LogP contribution in [-0.4, -0.2) is 62.3 Å². The largest absolute Gasteiger partial charge is 0.494 e. The summed E-state index contributed by atoms with van der Waals surface area (Å²) in [6.45, 7) is 4.78. The lowest BCUT2D eigenvalue weighted by molar-refractivity contribution is -0.124. The summed E-state index contributed by atoms with van der Waals surface area (Å²) in [6.07, 6.45) is 3.08. The third kappa shape index (κ3) is 4.39. The number of anilines is 1. The van der Waals surface area contributed by atoms with E-state index in [1.54, 1.807) is 7.11 Å². The number of methoxy groups -OCH3 is 1. The summed E-state index contributed by atoms with van der Waals surface area (Å²) in [5, 5.41) is 1.35. The van der Waals surface area contributed by atoms with Gasteiger partial charge in [0, 0.05) is 32.1 Å². The summed E-state index contributed by atoms with van der Waals surface area (Å²) >= 11 is 7.84. The number of hydrogen-bond donors (Lipinski definition) is 0. The highest BCUT2D eigenvalue weighted by atomic mass is 35.5. The maximum absolute atomic E-state index is 13.1. The van der Waals surface area contributed by atoms with E-state index in [-0.39, 0.29) is 24.2 Å². The van der Waals surface area contributed by atoms with E-state index in [0.29, 0.717) is 22.4 Å². The molecule has 2 fully saturated rings. The first-order valence-electron chi connectivity index (χ1n) is 9.42. The number of halogens is 2. The molecule has 1 aliphatic heterocycles. The molecule has 6 nitrogen and oxygen atoms in total. The van der Waals surface area contributed by atoms with Crippen LogP contribution in [0.5, 0.6) is 5.75 Å². The van der Waals surface area contributed by atoms with Crippen molar-refractivity contribution in [1.82, 2.24) is 9.88 Å². The van der Waals surface area contributed by atoms with Gasteiger partial charge in [0.25, 0.3) is 0 Å². The summed E-state index contributed by atoms with van der Waals surface area (Å²) in [7, 11) is 1.62. The fourth-order valence-electron chi connectivity index (χ4n) is 3.46. The van der Waals surface area contributed by atoms with E-state index >= 15 is 0 Å². The van der Waals surface area contributed by atoms with Gasteiger partial charge in [-0.05, 0) is 25.0 Å². The fraction of sp³-hybridized carbons (Fsp3) is 0.579. The van der Waals surface area contributed by atoms with Crippen LogP contribution in [0.3, 0.4) is 0 Å². The normalized spacial score (nSPS) is 17.8. The van der Waals surface area contributed by atoms with Gasteiger partial charge in [-0.2, -0.15) is 0 Å². The zero-order valence-electron chi connectivity index (χ0n) is 15.9. The molecule has 1 aliphatic carbocycles. The Morgan fingerprint density at radius 1 is 1.39 bits per heavy atom. The Hall–Kier alpha value is -1.12.